The van der Waals surface area contributed by atoms with E-state index in [1.54, 1.807) is 18.4 Å². The van der Waals surface area contributed by atoms with Crippen molar-refractivity contribution in [3.8, 4) is 5.75 Å². The van der Waals surface area contributed by atoms with Crippen LogP contribution in [0.2, 0.25) is 0 Å². The molecule has 2 aromatic rings. The third kappa shape index (κ3) is 2.93. The van der Waals surface area contributed by atoms with Crippen molar-refractivity contribution in [2.24, 2.45) is 0 Å². The molecule has 3 rings (SSSR count). The summed E-state index contributed by atoms with van der Waals surface area (Å²) in [6.45, 7) is 0. The number of carboxylic acids is 1. The summed E-state index contributed by atoms with van der Waals surface area (Å²) in [4.78, 5) is 17.1. The summed E-state index contributed by atoms with van der Waals surface area (Å²) in [6, 6.07) is 7.91. The van der Waals surface area contributed by atoms with Crippen LogP contribution < -0.4 is 4.74 Å². The fraction of sp³-hybridized carbons (Fsp3) is 0.375. The lowest BCUT2D eigenvalue weighted by Gasteiger charge is -2.16. The van der Waals surface area contributed by atoms with Gasteiger partial charge in [-0.15, -0.1) is 11.3 Å². The summed E-state index contributed by atoms with van der Waals surface area (Å²) in [6.07, 6.45) is 3.34. The number of aliphatic carboxylic acids is 1. The highest BCUT2D eigenvalue weighted by molar-refractivity contribution is 7.11. The van der Waals surface area contributed by atoms with Crippen LogP contribution in [0.25, 0.3) is 0 Å². The van der Waals surface area contributed by atoms with Gasteiger partial charge in [-0.3, -0.25) is 4.79 Å². The van der Waals surface area contributed by atoms with E-state index in [4.69, 9.17) is 4.74 Å². The molecule has 0 spiro atoms. The van der Waals surface area contributed by atoms with Gasteiger partial charge >= 0.3 is 5.97 Å². The summed E-state index contributed by atoms with van der Waals surface area (Å²) in [5, 5.41) is 10.3. The molecule has 0 saturated carbocycles. The SMILES string of the molecule is COc1ccc(Cc2nc3c(s2)CCCC3C(=O)O)cc1. The van der Waals surface area contributed by atoms with Gasteiger partial charge in [-0.05, 0) is 37.0 Å². The first-order chi connectivity index (χ1) is 10.2. The second kappa shape index (κ2) is 5.85. The number of fused-ring (bicyclic) bond motifs is 1. The summed E-state index contributed by atoms with van der Waals surface area (Å²) >= 11 is 1.66. The first kappa shape index (κ1) is 14.1. The van der Waals surface area contributed by atoms with Crippen molar-refractivity contribution < 1.29 is 14.6 Å². The number of hydrogen-bond donors (Lipinski definition) is 1. The molecular formula is C16H17NO3S. The van der Waals surface area contributed by atoms with Gasteiger partial charge in [0, 0.05) is 11.3 Å². The second-order valence-electron chi connectivity index (χ2n) is 5.22. The second-order valence-corrected chi connectivity index (χ2v) is 6.39. The highest BCUT2D eigenvalue weighted by Gasteiger charge is 2.29. The molecule has 110 valence electrons. The average Bonchev–Trinajstić information content (AvgIpc) is 2.89. The fourth-order valence-electron chi connectivity index (χ4n) is 2.70. The van der Waals surface area contributed by atoms with Crippen LogP contribution in [-0.4, -0.2) is 23.2 Å². The largest absolute Gasteiger partial charge is 0.497 e. The van der Waals surface area contributed by atoms with Crippen LogP contribution in [0.15, 0.2) is 24.3 Å². The van der Waals surface area contributed by atoms with E-state index in [9.17, 15) is 9.90 Å². The van der Waals surface area contributed by atoms with Crippen LogP contribution in [0.3, 0.4) is 0 Å². The number of hydrogen-bond acceptors (Lipinski definition) is 4. The van der Waals surface area contributed by atoms with Crippen LogP contribution in [0.1, 0.15) is 39.9 Å². The van der Waals surface area contributed by atoms with Gasteiger partial charge in [0.2, 0.25) is 0 Å². The Balaban J connectivity index is 1.82. The van der Waals surface area contributed by atoms with Gasteiger partial charge in [-0.1, -0.05) is 12.1 Å². The molecule has 1 aliphatic carbocycles. The zero-order valence-electron chi connectivity index (χ0n) is 11.8. The number of thiazole rings is 1. The van der Waals surface area contributed by atoms with Crippen molar-refractivity contribution >= 4 is 17.3 Å². The third-order valence-electron chi connectivity index (χ3n) is 3.81. The van der Waals surface area contributed by atoms with Crippen LogP contribution in [-0.2, 0) is 17.6 Å². The number of carbonyl (C=O) groups is 1. The lowest BCUT2D eigenvalue weighted by molar-refractivity contribution is -0.139. The monoisotopic (exact) mass is 303 g/mol. The van der Waals surface area contributed by atoms with Crippen molar-refractivity contribution in [1.82, 2.24) is 4.98 Å². The van der Waals surface area contributed by atoms with E-state index in [1.165, 1.54) is 0 Å². The summed E-state index contributed by atoms with van der Waals surface area (Å²) in [5.74, 6) is -0.338. The molecule has 1 aromatic carbocycles. The van der Waals surface area contributed by atoms with E-state index < -0.39 is 11.9 Å². The van der Waals surface area contributed by atoms with Gasteiger partial charge < -0.3 is 9.84 Å². The maximum atomic E-state index is 11.3. The van der Waals surface area contributed by atoms with Crippen molar-refractivity contribution in [1.29, 1.82) is 0 Å². The van der Waals surface area contributed by atoms with E-state index >= 15 is 0 Å². The molecule has 5 heteroatoms. The van der Waals surface area contributed by atoms with Gasteiger partial charge in [-0.2, -0.15) is 0 Å². The number of rotatable bonds is 4. The number of benzene rings is 1. The molecule has 0 amide bonds. The first-order valence-corrected chi connectivity index (χ1v) is 7.83. The summed E-state index contributed by atoms with van der Waals surface area (Å²) in [5.41, 5.74) is 1.95. The van der Waals surface area contributed by atoms with Crippen molar-refractivity contribution in [2.45, 2.75) is 31.6 Å². The quantitative estimate of drug-likeness (QED) is 0.942. The molecule has 1 atom stereocenters. The molecule has 0 fully saturated rings. The standard InChI is InChI=1S/C16H17NO3S/c1-20-11-7-5-10(6-8-11)9-14-17-15-12(16(18)19)3-2-4-13(15)21-14/h5-8,12H,2-4,9H2,1H3,(H,18,19). The van der Waals surface area contributed by atoms with Gasteiger partial charge in [0.15, 0.2) is 0 Å². The Labute approximate surface area is 127 Å². The minimum absolute atomic E-state index is 0.422. The van der Waals surface area contributed by atoms with Crippen molar-refractivity contribution in [2.75, 3.05) is 7.11 Å². The predicted molar refractivity (Wildman–Crippen MR) is 81.2 cm³/mol. The highest BCUT2D eigenvalue weighted by atomic mass is 32.1. The molecule has 0 radical (unpaired) electrons. The number of aromatic nitrogens is 1. The van der Waals surface area contributed by atoms with Gasteiger partial charge in [0.05, 0.1) is 23.7 Å². The third-order valence-corrected chi connectivity index (χ3v) is 4.94. The van der Waals surface area contributed by atoms with Crippen molar-refractivity contribution in [3.63, 3.8) is 0 Å². The number of aryl methyl sites for hydroxylation is 1. The van der Waals surface area contributed by atoms with Crippen LogP contribution in [0.4, 0.5) is 0 Å². The van der Waals surface area contributed by atoms with Gasteiger partial charge in [0.25, 0.3) is 0 Å². The van der Waals surface area contributed by atoms with E-state index in [2.05, 4.69) is 4.98 Å². The minimum atomic E-state index is -0.753. The Kier molecular flexibility index (Phi) is 3.92. The number of nitrogens with zero attached hydrogens (tertiary/aromatic N) is 1. The molecule has 1 heterocycles. The Morgan fingerprint density at radius 1 is 1.43 bits per heavy atom. The molecule has 21 heavy (non-hydrogen) atoms. The Hall–Kier alpha value is -1.88. The Morgan fingerprint density at radius 3 is 2.86 bits per heavy atom. The Bertz CT molecular complexity index is 648. The fourth-order valence-corrected chi connectivity index (χ4v) is 3.91. The highest BCUT2D eigenvalue weighted by Crippen LogP contribution is 2.35. The minimum Gasteiger partial charge on any atom is -0.497 e. The van der Waals surface area contributed by atoms with Crippen molar-refractivity contribution in [3.05, 3.63) is 45.4 Å². The summed E-state index contributed by atoms with van der Waals surface area (Å²) < 4.78 is 5.15. The zero-order valence-corrected chi connectivity index (χ0v) is 12.7. The predicted octanol–water partition coefficient (Wildman–Crippen LogP) is 3.25. The molecule has 0 bridgehead atoms. The molecule has 1 aromatic heterocycles. The molecule has 1 N–H and O–H groups in total. The smallest absolute Gasteiger partial charge is 0.312 e. The molecular weight excluding hydrogens is 286 g/mol. The average molecular weight is 303 g/mol. The zero-order chi connectivity index (χ0) is 14.8. The van der Waals surface area contributed by atoms with Crippen LogP contribution in [0, 0.1) is 0 Å². The van der Waals surface area contributed by atoms with E-state index in [0.717, 1.165) is 46.2 Å². The Morgan fingerprint density at radius 2 is 2.19 bits per heavy atom. The molecule has 1 unspecified atom stereocenters. The molecule has 1 aliphatic rings. The maximum Gasteiger partial charge on any atom is 0.312 e. The van der Waals surface area contributed by atoms with Crippen LogP contribution in [0.5, 0.6) is 5.75 Å². The topological polar surface area (TPSA) is 59.4 Å². The van der Waals surface area contributed by atoms with Crippen LogP contribution >= 0.6 is 11.3 Å². The lowest BCUT2D eigenvalue weighted by Crippen LogP contribution is -2.17. The summed E-state index contributed by atoms with van der Waals surface area (Å²) in [7, 11) is 1.65. The van der Waals surface area contributed by atoms with Gasteiger partial charge in [-0.25, -0.2) is 4.98 Å². The lowest BCUT2D eigenvalue weighted by atomic mass is 9.91. The number of methoxy groups -OCH3 is 1. The van der Waals surface area contributed by atoms with Gasteiger partial charge in [0.1, 0.15) is 5.75 Å². The van der Waals surface area contributed by atoms with E-state index in [1.807, 2.05) is 24.3 Å². The molecule has 4 nitrogen and oxygen atoms in total. The molecule has 0 aliphatic heterocycles. The number of carboxylic acid groups (broad SMARTS) is 1. The maximum absolute atomic E-state index is 11.3. The van der Waals surface area contributed by atoms with E-state index in [0.29, 0.717) is 6.42 Å². The molecule has 0 saturated heterocycles. The number of ether oxygens (including phenoxy) is 1. The normalized spacial score (nSPS) is 17.3. The van der Waals surface area contributed by atoms with E-state index in [-0.39, 0.29) is 0 Å². The first-order valence-electron chi connectivity index (χ1n) is 7.01.